The molecule has 0 aromatic heterocycles. The number of amides is 2. The SMILES string of the molecule is O=C(N[C@@]1(CCc2ccc([N+](=O)[O-])cc2)CCNC1=O)C(F)(F)F. The normalized spacial score (nSPS) is 20.5. The third-order valence-corrected chi connectivity index (χ3v) is 3.87. The zero-order valence-electron chi connectivity index (χ0n) is 12.4. The Bertz CT molecular complexity index is 660. The van der Waals surface area contributed by atoms with Crippen LogP contribution in [0.2, 0.25) is 0 Å². The van der Waals surface area contributed by atoms with Crippen molar-refractivity contribution in [1.29, 1.82) is 0 Å². The number of nitrogens with one attached hydrogen (secondary N) is 2. The van der Waals surface area contributed by atoms with Gasteiger partial charge in [-0.1, -0.05) is 12.1 Å². The van der Waals surface area contributed by atoms with E-state index < -0.39 is 28.5 Å². The number of hydrogen-bond acceptors (Lipinski definition) is 4. The summed E-state index contributed by atoms with van der Waals surface area (Å²) < 4.78 is 37.4. The molecule has 1 saturated heterocycles. The van der Waals surface area contributed by atoms with Gasteiger partial charge in [-0.2, -0.15) is 13.2 Å². The number of carbonyl (C=O) groups excluding carboxylic acids is 2. The second kappa shape index (κ2) is 6.46. The molecule has 2 rings (SSSR count). The van der Waals surface area contributed by atoms with Gasteiger partial charge in [0.2, 0.25) is 5.91 Å². The van der Waals surface area contributed by atoms with Gasteiger partial charge < -0.3 is 10.6 Å². The van der Waals surface area contributed by atoms with E-state index in [2.05, 4.69) is 5.32 Å². The molecule has 0 saturated carbocycles. The van der Waals surface area contributed by atoms with Gasteiger partial charge in [0, 0.05) is 18.7 Å². The molecule has 130 valence electrons. The molecule has 2 N–H and O–H groups in total. The van der Waals surface area contributed by atoms with Gasteiger partial charge in [-0.15, -0.1) is 0 Å². The fourth-order valence-corrected chi connectivity index (χ4v) is 2.52. The maximum absolute atomic E-state index is 12.5. The summed E-state index contributed by atoms with van der Waals surface area (Å²) in [4.78, 5) is 33.2. The molecule has 10 heteroatoms. The number of nitrogens with zero attached hydrogens (tertiary/aromatic N) is 1. The smallest absolute Gasteiger partial charge is 0.354 e. The van der Waals surface area contributed by atoms with E-state index in [0.717, 1.165) is 0 Å². The molecular weight excluding hydrogens is 331 g/mol. The Labute approximate surface area is 134 Å². The van der Waals surface area contributed by atoms with E-state index in [4.69, 9.17) is 0 Å². The van der Waals surface area contributed by atoms with Gasteiger partial charge in [0.1, 0.15) is 5.54 Å². The minimum absolute atomic E-state index is 0.0423. The van der Waals surface area contributed by atoms with Crippen LogP contribution in [0.1, 0.15) is 18.4 Å². The van der Waals surface area contributed by atoms with E-state index in [1.165, 1.54) is 24.3 Å². The molecule has 0 radical (unpaired) electrons. The first-order valence-corrected chi connectivity index (χ1v) is 7.05. The number of carbonyl (C=O) groups is 2. The van der Waals surface area contributed by atoms with Crippen LogP contribution in [-0.4, -0.2) is 35.0 Å². The van der Waals surface area contributed by atoms with Crippen LogP contribution in [0.25, 0.3) is 0 Å². The van der Waals surface area contributed by atoms with Crippen molar-refractivity contribution in [2.24, 2.45) is 0 Å². The fraction of sp³-hybridized carbons (Fsp3) is 0.429. The average molecular weight is 345 g/mol. The topological polar surface area (TPSA) is 101 Å². The van der Waals surface area contributed by atoms with Crippen molar-refractivity contribution < 1.29 is 27.7 Å². The Morgan fingerprint density at radius 2 is 1.96 bits per heavy atom. The molecule has 1 fully saturated rings. The monoisotopic (exact) mass is 345 g/mol. The van der Waals surface area contributed by atoms with Crippen LogP contribution < -0.4 is 10.6 Å². The summed E-state index contributed by atoms with van der Waals surface area (Å²) >= 11 is 0. The molecular formula is C14H14F3N3O4. The Morgan fingerprint density at radius 3 is 2.42 bits per heavy atom. The second-order valence-electron chi connectivity index (χ2n) is 5.46. The predicted molar refractivity (Wildman–Crippen MR) is 76.0 cm³/mol. The molecule has 0 bridgehead atoms. The third-order valence-electron chi connectivity index (χ3n) is 3.87. The lowest BCUT2D eigenvalue weighted by atomic mass is 9.89. The Kier molecular flexibility index (Phi) is 4.76. The van der Waals surface area contributed by atoms with Crippen LogP contribution in [0.15, 0.2) is 24.3 Å². The van der Waals surface area contributed by atoms with Crippen LogP contribution in [0.5, 0.6) is 0 Å². The largest absolute Gasteiger partial charge is 0.471 e. The molecule has 0 spiro atoms. The lowest BCUT2D eigenvalue weighted by Crippen LogP contribution is -2.57. The zero-order chi connectivity index (χ0) is 18.0. The summed E-state index contributed by atoms with van der Waals surface area (Å²) in [5, 5.41) is 14.8. The molecule has 7 nitrogen and oxygen atoms in total. The molecule has 1 aromatic rings. The van der Waals surface area contributed by atoms with E-state index in [9.17, 15) is 32.9 Å². The van der Waals surface area contributed by atoms with Crippen molar-refractivity contribution in [3.8, 4) is 0 Å². The molecule has 2 amide bonds. The highest BCUT2D eigenvalue weighted by molar-refractivity contribution is 5.94. The van der Waals surface area contributed by atoms with Crippen molar-refractivity contribution in [2.75, 3.05) is 6.54 Å². The minimum atomic E-state index is -5.08. The highest BCUT2D eigenvalue weighted by Gasteiger charge is 2.49. The number of nitro benzene ring substituents is 1. The fourth-order valence-electron chi connectivity index (χ4n) is 2.52. The molecule has 1 atom stereocenters. The standard InChI is InChI=1S/C14H14F3N3O4/c15-14(16,17)12(22)19-13(7-8-18-11(13)21)6-5-9-1-3-10(4-2-9)20(23)24/h1-4H,5-8H2,(H,18,21)(H,19,22)/t13-/m0/s1. The van der Waals surface area contributed by atoms with Crippen LogP contribution in [0, 0.1) is 10.1 Å². The van der Waals surface area contributed by atoms with Crippen molar-refractivity contribution >= 4 is 17.5 Å². The maximum Gasteiger partial charge on any atom is 0.471 e. The van der Waals surface area contributed by atoms with E-state index in [1.807, 2.05) is 0 Å². The second-order valence-corrected chi connectivity index (χ2v) is 5.46. The van der Waals surface area contributed by atoms with Crippen molar-refractivity contribution in [1.82, 2.24) is 10.6 Å². The molecule has 1 aliphatic rings. The lowest BCUT2D eigenvalue weighted by Gasteiger charge is -2.28. The van der Waals surface area contributed by atoms with Gasteiger partial charge in [-0.05, 0) is 24.8 Å². The highest BCUT2D eigenvalue weighted by atomic mass is 19.4. The number of benzene rings is 1. The molecule has 1 aromatic carbocycles. The lowest BCUT2D eigenvalue weighted by molar-refractivity contribution is -0.384. The van der Waals surface area contributed by atoms with Gasteiger partial charge in [-0.25, -0.2) is 0 Å². The number of nitro groups is 1. The first-order chi connectivity index (χ1) is 11.1. The molecule has 0 aliphatic carbocycles. The van der Waals surface area contributed by atoms with Crippen LogP contribution >= 0.6 is 0 Å². The van der Waals surface area contributed by atoms with E-state index in [-0.39, 0.29) is 31.5 Å². The number of non-ortho nitro benzene ring substituents is 1. The summed E-state index contributed by atoms with van der Waals surface area (Å²) in [6, 6.07) is 5.46. The van der Waals surface area contributed by atoms with E-state index in [0.29, 0.717) is 5.56 Å². The van der Waals surface area contributed by atoms with Gasteiger partial charge in [0.25, 0.3) is 5.69 Å². The van der Waals surface area contributed by atoms with Crippen molar-refractivity contribution in [2.45, 2.75) is 31.0 Å². The van der Waals surface area contributed by atoms with Gasteiger partial charge >= 0.3 is 12.1 Å². The molecule has 24 heavy (non-hydrogen) atoms. The Morgan fingerprint density at radius 1 is 1.33 bits per heavy atom. The van der Waals surface area contributed by atoms with Crippen LogP contribution in [0.4, 0.5) is 18.9 Å². The van der Waals surface area contributed by atoms with E-state index >= 15 is 0 Å². The van der Waals surface area contributed by atoms with Gasteiger partial charge in [0.15, 0.2) is 0 Å². The Balaban J connectivity index is 2.11. The minimum Gasteiger partial charge on any atom is -0.354 e. The first kappa shape index (κ1) is 17.7. The average Bonchev–Trinajstić information content (AvgIpc) is 2.86. The molecule has 0 unspecified atom stereocenters. The van der Waals surface area contributed by atoms with Crippen molar-refractivity contribution in [3.63, 3.8) is 0 Å². The number of hydrogen-bond donors (Lipinski definition) is 2. The summed E-state index contributed by atoms with van der Waals surface area (Å²) in [7, 11) is 0. The summed E-state index contributed by atoms with van der Waals surface area (Å²) in [6.45, 7) is 0.164. The quantitative estimate of drug-likeness (QED) is 0.623. The maximum atomic E-state index is 12.5. The van der Waals surface area contributed by atoms with Gasteiger partial charge in [-0.3, -0.25) is 19.7 Å². The van der Waals surface area contributed by atoms with E-state index in [1.54, 1.807) is 5.32 Å². The predicted octanol–water partition coefficient (Wildman–Crippen LogP) is 1.46. The Hall–Kier alpha value is -2.65. The van der Waals surface area contributed by atoms with Gasteiger partial charge in [0.05, 0.1) is 4.92 Å². The van der Waals surface area contributed by atoms with Crippen LogP contribution in [-0.2, 0) is 16.0 Å². The van der Waals surface area contributed by atoms with Crippen LogP contribution in [0.3, 0.4) is 0 Å². The molecule has 1 aliphatic heterocycles. The number of rotatable bonds is 5. The number of alkyl halides is 3. The summed E-state index contributed by atoms with van der Waals surface area (Å²) in [5.41, 5.74) is -1.13. The first-order valence-electron chi connectivity index (χ1n) is 7.05. The summed E-state index contributed by atoms with van der Waals surface area (Å²) in [6.07, 6.45) is -4.90. The summed E-state index contributed by atoms with van der Waals surface area (Å²) in [5.74, 6) is -2.83. The zero-order valence-corrected chi connectivity index (χ0v) is 12.4. The van der Waals surface area contributed by atoms with Crippen molar-refractivity contribution in [3.05, 3.63) is 39.9 Å². The molecule has 1 heterocycles. The number of halogens is 3. The highest BCUT2D eigenvalue weighted by Crippen LogP contribution is 2.26. The third kappa shape index (κ3) is 3.81. The number of aryl methyl sites for hydroxylation is 1.